The molecule has 2 N–H and O–H groups in total. The molecule has 0 saturated carbocycles. The number of benzene rings is 1. The third-order valence-corrected chi connectivity index (χ3v) is 5.21. The second-order valence-electron chi connectivity index (χ2n) is 5.73. The molecule has 1 saturated heterocycles. The zero-order valence-corrected chi connectivity index (χ0v) is 15.0. The number of imidazole rings is 1. The molecule has 0 spiro atoms. The fourth-order valence-electron chi connectivity index (χ4n) is 2.73. The van der Waals surface area contributed by atoms with Crippen LogP contribution in [0.1, 0.15) is 24.9 Å². The maximum atomic E-state index is 12.4. The van der Waals surface area contributed by atoms with Gasteiger partial charge in [0, 0.05) is 25.7 Å². The Morgan fingerprint density at radius 2 is 2.26 bits per heavy atom. The van der Waals surface area contributed by atoms with E-state index in [0.29, 0.717) is 5.75 Å². The number of carbonyl (C=O) groups excluding carboxylic acids is 1. The lowest BCUT2D eigenvalue weighted by atomic mass is 10.2. The monoisotopic (exact) mass is 354 g/mol. The highest BCUT2D eigenvalue weighted by atomic mass is 35.5. The molecule has 1 aliphatic heterocycles. The van der Waals surface area contributed by atoms with E-state index in [4.69, 9.17) is 0 Å². The maximum Gasteiger partial charge on any atom is 0.232 e. The Morgan fingerprint density at radius 3 is 3.00 bits per heavy atom. The van der Waals surface area contributed by atoms with Crippen molar-refractivity contribution in [2.24, 2.45) is 0 Å². The van der Waals surface area contributed by atoms with E-state index in [1.165, 1.54) is 0 Å². The Labute approximate surface area is 147 Å². The van der Waals surface area contributed by atoms with E-state index < -0.39 is 0 Å². The molecule has 1 aromatic heterocycles. The lowest BCUT2D eigenvalue weighted by Crippen LogP contribution is -2.52. The number of hydrogen-bond acceptors (Lipinski definition) is 4. The highest BCUT2D eigenvalue weighted by Gasteiger charge is 2.23. The number of nitrogens with zero attached hydrogens (tertiary/aromatic N) is 2. The largest absolute Gasteiger partial charge is 0.341 e. The number of fused-ring (bicyclic) bond motifs is 1. The minimum atomic E-state index is 0. The van der Waals surface area contributed by atoms with Crippen LogP contribution in [0.25, 0.3) is 11.0 Å². The fourth-order valence-corrected chi connectivity index (χ4v) is 3.56. The molecule has 3 rings (SSSR count). The Kier molecular flexibility index (Phi) is 6.33. The van der Waals surface area contributed by atoms with Gasteiger partial charge < -0.3 is 15.2 Å². The molecule has 23 heavy (non-hydrogen) atoms. The van der Waals surface area contributed by atoms with Gasteiger partial charge in [0.05, 0.1) is 22.0 Å². The highest BCUT2D eigenvalue weighted by Crippen LogP contribution is 2.28. The predicted octanol–water partition coefficient (Wildman–Crippen LogP) is 2.60. The molecule has 0 aliphatic carbocycles. The van der Waals surface area contributed by atoms with Crippen molar-refractivity contribution < 1.29 is 4.79 Å². The first-order valence-electron chi connectivity index (χ1n) is 7.71. The maximum absolute atomic E-state index is 12.4. The summed E-state index contributed by atoms with van der Waals surface area (Å²) in [4.78, 5) is 22.3. The second-order valence-corrected chi connectivity index (χ2v) is 7.06. The van der Waals surface area contributed by atoms with Crippen molar-refractivity contribution in [3.8, 4) is 0 Å². The van der Waals surface area contributed by atoms with Crippen molar-refractivity contribution in [3.63, 3.8) is 0 Å². The summed E-state index contributed by atoms with van der Waals surface area (Å²) in [6.07, 6.45) is 0. The topological polar surface area (TPSA) is 61.0 Å². The summed E-state index contributed by atoms with van der Waals surface area (Å²) in [5, 5.41) is 3.48. The number of piperazine rings is 1. The molecule has 0 bridgehead atoms. The molecule has 1 fully saturated rings. The summed E-state index contributed by atoms with van der Waals surface area (Å²) in [6.45, 7) is 6.77. The zero-order chi connectivity index (χ0) is 15.5. The molecule has 0 radical (unpaired) electrons. The van der Waals surface area contributed by atoms with Crippen molar-refractivity contribution in [1.82, 2.24) is 20.2 Å². The molecule has 2 atom stereocenters. The number of para-hydroxylation sites is 2. The van der Waals surface area contributed by atoms with Crippen LogP contribution in [0.2, 0.25) is 0 Å². The number of aromatic nitrogens is 2. The number of thioether (sulfide) groups is 1. The Balaban J connectivity index is 0.00000192. The van der Waals surface area contributed by atoms with Gasteiger partial charge >= 0.3 is 0 Å². The van der Waals surface area contributed by atoms with E-state index in [-0.39, 0.29) is 29.6 Å². The van der Waals surface area contributed by atoms with Gasteiger partial charge in [-0.25, -0.2) is 4.98 Å². The number of hydrogen-bond donors (Lipinski definition) is 2. The van der Waals surface area contributed by atoms with Gasteiger partial charge in [0.25, 0.3) is 0 Å². The molecule has 1 aromatic carbocycles. The van der Waals surface area contributed by atoms with Crippen molar-refractivity contribution >= 4 is 41.1 Å². The van der Waals surface area contributed by atoms with Crippen LogP contribution in [-0.2, 0) is 4.79 Å². The van der Waals surface area contributed by atoms with Gasteiger partial charge in [0.1, 0.15) is 5.82 Å². The Bertz CT molecular complexity index is 629. The first kappa shape index (κ1) is 18.1. The molecule has 1 aliphatic rings. The Hall–Kier alpha value is -1.24. The number of halogens is 1. The van der Waals surface area contributed by atoms with Crippen molar-refractivity contribution in [3.05, 3.63) is 30.1 Å². The van der Waals surface area contributed by atoms with Gasteiger partial charge in [-0.15, -0.1) is 24.2 Å². The third-order valence-electron chi connectivity index (χ3n) is 4.07. The zero-order valence-electron chi connectivity index (χ0n) is 13.4. The van der Waals surface area contributed by atoms with Crippen LogP contribution >= 0.6 is 24.2 Å². The lowest BCUT2D eigenvalue weighted by Gasteiger charge is -2.34. The molecule has 1 amide bonds. The lowest BCUT2D eigenvalue weighted by molar-refractivity contribution is -0.131. The summed E-state index contributed by atoms with van der Waals surface area (Å²) < 4.78 is 0. The predicted molar refractivity (Wildman–Crippen MR) is 98.3 cm³/mol. The standard InChI is InChI=1S/C16H22N4OS.ClH/c1-11-9-17-7-8-20(11)15(21)10-22-12(2)16-18-13-5-3-4-6-14(13)19-16;/h3-6,11-12,17H,7-10H2,1-2H3,(H,18,19);1H. The molecule has 2 heterocycles. The number of nitrogens with one attached hydrogen (secondary N) is 2. The van der Waals surface area contributed by atoms with E-state index in [9.17, 15) is 4.79 Å². The summed E-state index contributed by atoms with van der Waals surface area (Å²) in [5.41, 5.74) is 2.03. The molecular weight excluding hydrogens is 332 g/mol. The quantitative estimate of drug-likeness (QED) is 0.886. The molecule has 5 nitrogen and oxygen atoms in total. The summed E-state index contributed by atoms with van der Waals surface area (Å²) in [5.74, 6) is 1.66. The second kappa shape index (κ2) is 8.04. The summed E-state index contributed by atoms with van der Waals surface area (Å²) in [7, 11) is 0. The van der Waals surface area contributed by atoms with Crippen molar-refractivity contribution in [2.45, 2.75) is 25.1 Å². The van der Waals surface area contributed by atoms with Crippen LogP contribution in [0.4, 0.5) is 0 Å². The number of amides is 1. The summed E-state index contributed by atoms with van der Waals surface area (Å²) in [6, 6.07) is 8.29. The number of aromatic amines is 1. The number of carbonyl (C=O) groups is 1. The van der Waals surface area contributed by atoms with Gasteiger partial charge in [-0.2, -0.15) is 0 Å². The van der Waals surface area contributed by atoms with Gasteiger partial charge in [0.15, 0.2) is 0 Å². The van der Waals surface area contributed by atoms with Gasteiger partial charge in [-0.1, -0.05) is 12.1 Å². The normalized spacial score (nSPS) is 19.4. The highest BCUT2D eigenvalue weighted by molar-refractivity contribution is 8.00. The SMILES string of the molecule is CC(SCC(=O)N1CCNCC1C)c1nc2ccccc2[nH]1.Cl. The average molecular weight is 355 g/mol. The molecule has 7 heteroatoms. The number of rotatable bonds is 4. The van der Waals surface area contributed by atoms with Crippen LogP contribution in [0, 0.1) is 0 Å². The van der Waals surface area contributed by atoms with Gasteiger partial charge in [-0.05, 0) is 26.0 Å². The first-order valence-corrected chi connectivity index (χ1v) is 8.76. The minimum absolute atomic E-state index is 0. The molecule has 2 unspecified atom stereocenters. The average Bonchev–Trinajstić information content (AvgIpc) is 2.97. The molecule has 2 aromatic rings. The van der Waals surface area contributed by atoms with E-state index in [1.54, 1.807) is 11.8 Å². The van der Waals surface area contributed by atoms with Crippen LogP contribution in [0.15, 0.2) is 24.3 Å². The third kappa shape index (κ3) is 4.19. The van der Waals surface area contributed by atoms with Crippen LogP contribution in [-0.4, -0.2) is 52.2 Å². The van der Waals surface area contributed by atoms with Gasteiger partial charge in [-0.3, -0.25) is 4.79 Å². The van der Waals surface area contributed by atoms with Crippen LogP contribution in [0.3, 0.4) is 0 Å². The minimum Gasteiger partial charge on any atom is -0.341 e. The summed E-state index contributed by atoms with van der Waals surface area (Å²) >= 11 is 1.64. The van der Waals surface area contributed by atoms with E-state index >= 15 is 0 Å². The van der Waals surface area contributed by atoms with Crippen LogP contribution in [0.5, 0.6) is 0 Å². The van der Waals surface area contributed by atoms with Crippen molar-refractivity contribution in [2.75, 3.05) is 25.4 Å². The first-order chi connectivity index (χ1) is 10.6. The van der Waals surface area contributed by atoms with E-state index in [1.807, 2.05) is 29.2 Å². The van der Waals surface area contributed by atoms with E-state index in [0.717, 1.165) is 36.5 Å². The smallest absolute Gasteiger partial charge is 0.232 e. The van der Waals surface area contributed by atoms with Crippen LogP contribution < -0.4 is 5.32 Å². The fraction of sp³-hybridized carbons (Fsp3) is 0.500. The Morgan fingerprint density at radius 1 is 1.48 bits per heavy atom. The molecular formula is C16H23ClN4OS. The molecule has 126 valence electrons. The number of H-pyrrole nitrogens is 1. The van der Waals surface area contributed by atoms with E-state index in [2.05, 4.69) is 29.1 Å². The van der Waals surface area contributed by atoms with Gasteiger partial charge in [0.2, 0.25) is 5.91 Å². The van der Waals surface area contributed by atoms with Crippen molar-refractivity contribution in [1.29, 1.82) is 0 Å².